The third-order valence-electron chi connectivity index (χ3n) is 11.7. The maximum Gasteiger partial charge on any atom is 0.302 e. The minimum atomic E-state index is -1.28. The Hall–Kier alpha value is -2.27. The van der Waals surface area contributed by atoms with E-state index >= 15 is 0 Å². The highest BCUT2D eigenvalue weighted by Crippen LogP contribution is 2.72. The van der Waals surface area contributed by atoms with Gasteiger partial charge in [0.25, 0.3) is 0 Å². The number of hydrogen-bond donors (Lipinski definition) is 2. The van der Waals surface area contributed by atoms with E-state index in [1.165, 1.54) is 19.9 Å². The summed E-state index contributed by atoms with van der Waals surface area (Å²) in [5, 5.41) is 23.2. The van der Waals surface area contributed by atoms with Gasteiger partial charge in [-0.15, -0.1) is 0 Å². The molecule has 1 spiro atoms. The molecular weight excluding hydrogens is 544 g/mol. The van der Waals surface area contributed by atoms with Crippen LogP contribution in [0.2, 0.25) is 0 Å². The minimum Gasteiger partial charge on any atom is -0.487 e. The number of aliphatic hydroxyl groups is 2. The molecule has 42 heavy (non-hydrogen) atoms. The zero-order chi connectivity index (χ0) is 30.9. The van der Waals surface area contributed by atoms with Crippen molar-refractivity contribution in [2.75, 3.05) is 0 Å². The number of ether oxygens (including phenoxy) is 5. The predicted octanol–water partition coefficient (Wildman–Crippen LogP) is 2.92. The number of hydrogen-bond acceptors (Lipinski definition) is 10. The highest BCUT2D eigenvalue weighted by molar-refractivity contribution is 6.08. The fourth-order valence-electron chi connectivity index (χ4n) is 9.64. The molecule has 4 fully saturated rings. The minimum absolute atomic E-state index is 0.128. The number of esters is 2. The van der Waals surface area contributed by atoms with Gasteiger partial charge in [0.15, 0.2) is 11.4 Å². The van der Waals surface area contributed by atoms with Crippen LogP contribution >= 0.6 is 0 Å². The van der Waals surface area contributed by atoms with Crippen molar-refractivity contribution in [2.24, 2.45) is 22.7 Å². The van der Waals surface area contributed by atoms with E-state index in [1.54, 1.807) is 13.8 Å². The van der Waals surface area contributed by atoms with Gasteiger partial charge < -0.3 is 33.9 Å². The summed E-state index contributed by atoms with van der Waals surface area (Å²) in [7, 11) is 0. The molecule has 0 aromatic heterocycles. The van der Waals surface area contributed by atoms with Crippen molar-refractivity contribution >= 4 is 17.7 Å². The van der Waals surface area contributed by atoms with Crippen molar-refractivity contribution in [3.63, 3.8) is 0 Å². The smallest absolute Gasteiger partial charge is 0.302 e. The molecule has 232 valence electrons. The Morgan fingerprint density at radius 3 is 2.31 bits per heavy atom. The number of rotatable bonds is 3. The van der Waals surface area contributed by atoms with E-state index in [-0.39, 0.29) is 29.8 Å². The number of carbonyl (C=O) groups excluding carboxylic acids is 3. The maximum atomic E-state index is 13.9. The number of carbonyl (C=O) groups is 3. The molecule has 2 N–H and O–H groups in total. The number of ketones is 1. The Morgan fingerprint density at radius 1 is 1.10 bits per heavy atom. The van der Waals surface area contributed by atoms with Gasteiger partial charge in [-0.25, -0.2) is 0 Å². The fourth-order valence-corrected chi connectivity index (χ4v) is 9.64. The van der Waals surface area contributed by atoms with Crippen LogP contribution in [0.25, 0.3) is 0 Å². The molecule has 3 heterocycles. The standard InChI is InChI=1S/C32H44O10/c1-14-18-12-19(35)23-24(36)25-29(7,42-27(23)32(18)31(9,15(2)41-32)26(14)39-17(4)34)11-10-20-30(25,8)22(38-16(3)33)13-21(40-20)28(5,6)37/h12,14-15,20-22,24-26,36-37H,10-11,13H2,1-9H3/t14-,15-,20+,21+,22+,24-,25+,26-,29-,30+,31-,32-/m0/s1. The molecule has 3 aliphatic heterocycles. The average Bonchev–Trinajstić information content (AvgIpc) is 2.99. The number of allylic oxidation sites excluding steroid dienone is 1. The van der Waals surface area contributed by atoms with E-state index in [4.69, 9.17) is 23.7 Å². The van der Waals surface area contributed by atoms with Crippen LogP contribution in [-0.4, -0.2) is 81.4 Å². The molecular formula is C32H44O10. The molecule has 2 saturated heterocycles. The SMILES string of the molecule is CC(=O)O[C@@H]1C[C@H](C(C)(C)O)O[C@@H]2CC[C@]3(C)OC4=C(C(=O)C=C5[C@H](C)[C@H](OC(C)=O)[C@]6(C)[C@H](C)O[C@@]546)[C@H](O)[C@H]3[C@@]12C. The van der Waals surface area contributed by atoms with Crippen LogP contribution in [0.3, 0.4) is 0 Å². The number of fused-ring (bicyclic) bond motifs is 3. The highest BCUT2D eigenvalue weighted by atomic mass is 16.6. The molecule has 12 atom stereocenters. The molecule has 0 bridgehead atoms. The van der Waals surface area contributed by atoms with Crippen LogP contribution < -0.4 is 0 Å². The quantitative estimate of drug-likeness (QED) is 0.474. The van der Waals surface area contributed by atoms with Crippen LogP contribution in [0.15, 0.2) is 23.0 Å². The Morgan fingerprint density at radius 2 is 1.74 bits per heavy atom. The number of aliphatic hydroxyl groups excluding tert-OH is 1. The zero-order valence-electron chi connectivity index (χ0n) is 26.0. The molecule has 2 saturated carbocycles. The lowest BCUT2D eigenvalue weighted by Crippen LogP contribution is -2.74. The average molecular weight is 589 g/mol. The van der Waals surface area contributed by atoms with Crippen LogP contribution in [0.1, 0.15) is 81.6 Å². The van der Waals surface area contributed by atoms with Gasteiger partial charge in [0.2, 0.25) is 0 Å². The van der Waals surface area contributed by atoms with Crippen molar-refractivity contribution in [2.45, 2.75) is 135 Å². The largest absolute Gasteiger partial charge is 0.487 e. The summed E-state index contributed by atoms with van der Waals surface area (Å²) in [6.07, 6.45) is -1.16. The van der Waals surface area contributed by atoms with Gasteiger partial charge in [0, 0.05) is 37.5 Å². The fraction of sp³-hybridized carbons (Fsp3) is 0.781. The van der Waals surface area contributed by atoms with Gasteiger partial charge in [0.05, 0.1) is 41.0 Å². The monoisotopic (exact) mass is 588 g/mol. The summed E-state index contributed by atoms with van der Waals surface area (Å²) in [5.41, 5.74) is -4.17. The van der Waals surface area contributed by atoms with Gasteiger partial charge in [-0.1, -0.05) is 13.8 Å². The normalized spacial score (nSPS) is 49.2. The molecule has 6 rings (SSSR count). The van der Waals surface area contributed by atoms with Gasteiger partial charge in [-0.2, -0.15) is 0 Å². The van der Waals surface area contributed by atoms with E-state index < -0.39 is 76.0 Å². The molecule has 10 nitrogen and oxygen atoms in total. The molecule has 3 aliphatic carbocycles. The van der Waals surface area contributed by atoms with Crippen LogP contribution in [0.4, 0.5) is 0 Å². The Balaban J connectivity index is 1.49. The van der Waals surface area contributed by atoms with Crippen molar-refractivity contribution in [1.29, 1.82) is 0 Å². The first-order valence-electron chi connectivity index (χ1n) is 15.1. The summed E-state index contributed by atoms with van der Waals surface area (Å²) in [4.78, 5) is 38.4. The lowest BCUT2D eigenvalue weighted by Gasteiger charge is -2.66. The first kappa shape index (κ1) is 29.8. The zero-order valence-corrected chi connectivity index (χ0v) is 26.0. The maximum absolute atomic E-state index is 13.9. The second kappa shape index (κ2) is 8.89. The van der Waals surface area contributed by atoms with Gasteiger partial charge in [-0.3, -0.25) is 14.4 Å². The second-order valence-electron chi connectivity index (χ2n) is 14.6. The molecule has 0 amide bonds. The highest BCUT2D eigenvalue weighted by Gasteiger charge is 2.81. The second-order valence-corrected chi connectivity index (χ2v) is 14.6. The molecule has 0 unspecified atom stereocenters. The third kappa shape index (κ3) is 3.49. The van der Waals surface area contributed by atoms with Crippen molar-refractivity contribution in [1.82, 2.24) is 0 Å². The van der Waals surface area contributed by atoms with Gasteiger partial charge in [0.1, 0.15) is 23.6 Å². The summed E-state index contributed by atoms with van der Waals surface area (Å²) in [6.45, 7) is 15.8. The molecule has 10 heteroatoms. The van der Waals surface area contributed by atoms with E-state index in [1.807, 2.05) is 34.6 Å². The topological polar surface area (TPSA) is 138 Å². The Bertz CT molecular complexity index is 1310. The Kier molecular flexibility index (Phi) is 6.31. The Labute approximate surface area is 246 Å². The first-order valence-corrected chi connectivity index (χ1v) is 15.1. The lowest BCUT2D eigenvalue weighted by molar-refractivity contribution is -0.324. The summed E-state index contributed by atoms with van der Waals surface area (Å²) >= 11 is 0. The summed E-state index contributed by atoms with van der Waals surface area (Å²) in [6, 6.07) is 0. The van der Waals surface area contributed by atoms with E-state index in [2.05, 4.69) is 0 Å². The van der Waals surface area contributed by atoms with Gasteiger partial charge in [-0.05, 0) is 59.1 Å². The summed E-state index contributed by atoms with van der Waals surface area (Å²) < 4.78 is 31.8. The molecule has 6 aliphatic rings. The first-order chi connectivity index (χ1) is 19.3. The van der Waals surface area contributed by atoms with Crippen molar-refractivity contribution in [3.8, 4) is 0 Å². The van der Waals surface area contributed by atoms with Crippen molar-refractivity contribution in [3.05, 3.63) is 23.0 Å². The molecule has 0 radical (unpaired) electrons. The van der Waals surface area contributed by atoms with E-state index in [0.29, 0.717) is 24.2 Å². The molecule has 0 aromatic rings. The lowest BCUT2D eigenvalue weighted by atomic mass is 9.50. The molecule has 0 aromatic carbocycles. The van der Waals surface area contributed by atoms with Gasteiger partial charge >= 0.3 is 11.9 Å². The van der Waals surface area contributed by atoms with Crippen LogP contribution in [-0.2, 0) is 38.1 Å². The van der Waals surface area contributed by atoms with E-state index in [9.17, 15) is 24.6 Å². The predicted molar refractivity (Wildman–Crippen MR) is 148 cm³/mol. The summed E-state index contributed by atoms with van der Waals surface area (Å²) in [5.74, 6) is -1.95. The van der Waals surface area contributed by atoms with Crippen LogP contribution in [0, 0.1) is 22.7 Å². The van der Waals surface area contributed by atoms with Crippen LogP contribution in [0.5, 0.6) is 0 Å². The third-order valence-corrected chi connectivity index (χ3v) is 11.7. The van der Waals surface area contributed by atoms with E-state index in [0.717, 1.165) is 0 Å². The van der Waals surface area contributed by atoms with Crippen molar-refractivity contribution < 1.29 is 48.3 Å².